The number of nitrogens with zero attached hydrogens (tertiary/aromatic N) is 2. The van der Waals surface area contributed by atoms with Crippen LogP contribution in [0.15, 0.2) is 23.2 Å². The smallest absolute Gasteiger partial charge is 0.264 e. The van der Waals surface area contributed by atoms with Gasteiger partial charge < -0.3 is 0 Å². The van der Waals surface area contributed by atoms with E-state index in [0.29, 0.717) is 0 Å². The molecule has 0 aliphatic heterocycles. The van der Waals surface area contributed by atoms with Gasteiger partial charge in [-0.3, -0.25) is 15.2 Å². The topological polar surface area (TPSA) is 106 Å². The van der Waals surface area contributed by atoms with E-state index < -0.39 is 20.2 Å². The van der Waals surface area contributed by atoms with Crippen LogP contribution in [0.25, 0.3) is 10.9 Å². The van der Waals surface area contributed by atoms with Gasteiger partial charge in [-0.2, -0.15) is 13.5 Å². The molecule has 0 fully saturated rings. The molecular formula is C7H4FN3O4S. The molecule has 0 radical (unpaired) electrons. The van der Waals surface area contributed by atoms with Crippen molar-refractivity contribution < 1.29 is 17.2 Å². The zero-order valence-corrected chi connectivity index (χ0v) is 8.36. The Morgan fingerprint density at radius 1 is 1.44 bits per heavy atom. The van der Waals surface area contributed by atoms with E-state index in [-0.39, 0.29) is 16.6 Å². The Bertz CT molecular complexity index is 678. The molecule has 0 bridgehead atoms. The van der Waals surface area contributed by atoms with E-state index in [1.165, 1.54) is 6.07 Å². The van der Waals surface area contributed by atoms with E-state index in [1.54, 1.807) is 0 Å². The van der Waals surface area contributed by atoms with Crippen molar-refractivity contribution in [1.82, 2.24) is 10.2 Å². The Balaban J connectivity index is 2.80. The predicted molar refractivity (Wildman–Crippen MR) is 51.0 cm³/mol. The molecule has 1 N–H and O–H groups in total. The van der Waals surface area contributed by atoms with Crippen molar-refractivity contribution in [3.63, 3.8) is 0 Å². The van der Waals surface area contributed by atoms with Crippen LogP contribution < -0.4 is 0 Å². The van der Waals surface area contributed by atoms with Crippen LogP contribution in [-0.2, 0) is 10.2 Å². The number of H-pyrrole nitrogens is 1. The van der Waals surface area contributed by atoms with Gasteiger partial charge in [-0.1, -0.05) is 3.89 Å². The minimum Gasteiger partial charge on any atom is -0.264 e. The maximum absolute atomic E-state index is 12.7. The van der Waals surface area contributed by atoms with Gasteiger partial charge in [-0.15, -0.1) is 0 Å². The second-order valence-corrected chi connectivity index (χ2v) is 4.23. The summed E-state index contributed by atoms with van der Waals surface area (Å²) in [6.45, 7) is 0. The van der Waals surface area contributed by atoms with E-state index in [9.17, 15) is 22.4 Å². The zero-order chi connectivity index (χ0) is 11.9. The fraction of sp³-hybridized carbons (Fsp3) is 0. The standard InChI is InChI=1S/C7H4FN3O4S/c8-16(14,15)7-5-3-4(11(12)13)1-2-6(5)9-10-7/h1-3H,(H,9,10). The van der Waals surface area contributed by atoms with Crippen molar-refractivity contribution in [2.75, 3.05) is 0 Å². The normalized spacial score (nSPS) is 11.8. The SMILES string of the molecule is O=[N+]([O-])c1ccc2n[nH]c(S(=O)(=O)F)c2c1. The molecule has 84 valence electrons. The van der Waals surface area contributed by atoms with Crippen LogP contribution >= 0.6 is 0 Å². The summed E-state index contributed by atoms with van der Waals surface area (Å²) in [5.41, 5.74) is -0.194. The lowest BCUT2D eigenvalue weighted by atomic mass is 10.2. The van der Waals surface area contributed by atoms with E-state index in [1.807, 2.05) is 5.10 Å². The first-order valence-electron chi connectivity index (χ1n) is 3.97. The molecule has 0 atom stereocenters. The lowest BCUT2D eigenvalue weighted by molar-refractivity contribution is -0.384. The highest BCUT2D eigenvalue weighted by molar-refractivity contribution is 7.86. The summed E-state index contributed by atoms with van der Waals surface area (Å²) in [5.74, 6) is 0. The molecule has 2 aromatic rings. The quantitative estimate of drug-likeness (QED) is 0.485. The second kappa shape index (κ2) is 3.23. The summed E-state index contributed by atoms with van der Waals surface area (Å²) < 4.78 is 34.1. The number of aromatic amines is 1. The van der Waals surface area contributed by atoms with Crippen LogP contribution in [0.2, 0.25) is 0 Å². The Morgan fingerprint density at radius 2 is 2.12 bits per heavy atom. The van der Waals surface area contributed by atoms with Crippen molar-refractivity contribution in [2.24, 2.45) is 0 Å². The number of fused-ring (bicyclic) bond motifs is 1. The molecule has 0 saturated heterocycles. The van der Waals surface area contributed by atoms with Gasteiger partial charge in [0.05, 0.1) is 10.4 Å². The van der Waals surface area contributed by atoms with Gasteiger partial charge in [0.15, 0.2) is 5.03 Å². The molecule has 16 heavy (non-hydrogen) atoms. The average molecular weight is 245 g/mol. The van der Waals surface area contributed by atoms with Crippen LogP contribution in [0.1, 0.15) is 0 Å². The maximum atomic E-state index is 12.7. The molecule has 0 saturated carbocycles. The number of non-ortho nitro benzene ring substituents is 1. The molecule has 0 aliphatic rings. The number of hydrogen-bond donors (Lipinski definition) is 1. The largest absolute Gasteiger partial charge is 0.349 e. The van der Waals surface area contributed by atoms with E-state index in [0.717, 1.165) is 12.1 Å². The lowest BCUT2D eigenvalue weighted by Gasteiger charge is -1.92. The molecule has 0 aliphatic carbocycles. The molecule has 1 aromatic carbocycles. The highest BCUT2D eigenvalue weighted by atomic mass is 32.3. The highest BCUT2D eigenvalue weighted by Gasteiger charge is 2.21. The zero-order valence-electron chi connectivity index (χ0n) is 7.55. The van der Waals surface area contributed by atoms with Crippen LogP contribution in [0.4, 0.5) is 9.57 Å². The summed E-state index contributed by atoms with van der Waals surface area (Å²) in [6.07, 6.45) is 0. The number of hydrogen-bond acceptors (Lipinski definition) is 5. The van der Waals surface area contributed by atoms with E-state index in [2.05, 4.69) is 5.10 Å². The van der Waals surface area contributed by atoms with E-state index in [4.69, 9.17) is 0 Å². The summed E-state index contributed by atoms with van der Waals surface area (Å²) in [5, 5.41) is 15.0. The molecule has 7 nitrogen and oxygen atoms in total. The van der Waals surface area contributed by atoms with E-state index >= 15 is 0 Å². The van der Waals surface area contributed by atoms with Gasteiger partial charge in [-0.05, 0) is 6.07 Å². The van der Waals surface area contributed by atoms with Crippen molar-refractivity contribution in [3.8, 4) is 0 Å². The summed E-state index contributed by atoms with van der Waals surface area (Å²) >= 11 is 0. The number of benzene rings is 1. The number of aromatic nitrogens is 2. The number of nitrogens with one attached hydrogen (secondary N) is 1. The number of nitro benzene ring substituents is 1. The molecule has 2 rings (SSSR count). The Kier molecular flexibility index (Phi) is 2.12. The van der Waals surface area contributed by atoms with Gasteiger partial charge in [-0.25, -0.2) is 0 Å². The van der Waals surface area contributed by atoms with Gasteiger partial charge in [0.25, 0.3) is 5.69 Å². The van der Waals surface area contributed by atoms with Crippen molar-refractivity contribution in [1.29, 1.82) is 0 Å². The minimum atomic E-state index is -4.97. The minimum absolute atomic E-state index is 0.141. The molecule has 0 amide bonds. The third-order valence-electron chi connectivity index (χ3n) is 1.96. The fourth-order valence-corrected chi connectivity index (χ4v) is 1.85. The molecule has 0 unspecified atom stereocenters. The lowest BCUT2D eigenvalue weighted by Crippen LogP contribution is -1.93. The summed E-state index contributed by atoms with van der Waals surface area (Å²) in [6, 6.07) is 3.34. The number of halogens is 1. The predicted octanol–water partition coefficient (Wildman–Crippen LogP) is 1.13. The number of nitro groups is 1. The van der Waals surface area contributed by atoms with Crippen molar-refractivity contribution in [3.05, 3.63) is 28.3 Å². The van der Waals surface area contributed by atoms with Gasteiger partial charge in [0.1, 0.15) is 0 Å². The Morgan fingerprint density at radius 3 is 2.69 bits per heavy atom. The third-order valence-corrected chi connectivity index (χ3v) is 2.76. The molecule has 9 heteroatoms. The second-order valence-electron chi connectivity index (χ2n) is 2.95. The van der Waals surface area contributed by atoms with Gasteiger partial charge in [0, 0.05) is 17.5 Å². The summed E-state index contributed by atoms with van der Waals surface area (Å²) in [7, 11) is -4.97. The molecule has 1 aromatic heterocycles. The van der Waals surface area contributed by atoms with Crippen LogP contribution in [0.5, 0.6) is 0 Å². The average Bonchev–Trinajstić information content (AvgIpc) is 2.58. The Labute approximate surface area is 88.2 Å². The monoisotopic (exact) mass is 245 g/mol. The van der Waals surface area contributed by atoms with Gasteiger partial charge >= 0.3 is 10.2 Å². The first-order valence-corrected chi connectivity index (χ1v) is 5.35. The molecule has 1 heterocycles. The van der Waals surface area contributed by atoms with Crippen LogP contribution in [0, 0.1) is 10.1 Å². The Hall–Kier alpha value is -2.03. The van der Waals surface area contributed by atoms with Gasteiger partial charge in [0.2, 0.25) is 0 Å². The summed E-state index contributed by atoms with van der Waals surface area (Å²) in [4.78, 5) is 9.75. The highest BCUT2D eigenvalue weighted by Crippen LogP contribution is 2.25. The fourth-order valence-electron chi connectivity index (χ4n) is 1.27. The van der Waals surface area contributed by atoms with Crippen LogP contribution in [0.3, 0.4) is 0 Å². The first kappa shape index (κ1) is 10.5. The van der Waals surface area contributed by atoms with Crippen molar-refractivity contribution in [2.45, 2.75) is 5.03 Å². The first-order chi connectivity index (χ1) is 7.39. The number of rotatable bonds is 2. The van der Waals surface area contributed by atoms with Crippen LogP contribution in [-0.4, -0.2) is 23.5 Å². The molecular weight excluding hydrogens is 241 g/mol. The third kappa shape index (κ3) is 1.60. The maximum Gasteiger partial charge on any atom is 0.349 e. The molecule has 0 spiro atoms. The van der Waals surface area contributed by atoms with Crippen molar-refractivity contribution >= 4 is 26.8 Å².